The zero-order valence-corrected chi connectivity index (χ0v) is 10.9. The van der Waals surface area contributed by atoms with Crippen molar-refractivity contribution >= 4 is 11.6 Å². The van der Waals surface area contributed by atoms with E-state index < -0.39 is 11.0 Å². The zero-order chi connectivity index (χ0) is 12.9. The second kappa shape index (κ2) is 6.14. The van der Waals surface area contributed by atoms with Gasteiger partial charge in [-0.3, -0.25) is 0 Å². The number of alkyl halides is 3. The van der Waals surface area contributed by atoms with Crippen LogP contribution in [0.25, 0.3) is 0 Å². The monoisotopic (exact) mass is 266 g/mol. The van der Waals surface area contributed by atoms with Gasteiger partial charge in [0.1, 0.15) is 0 Å². The Kier molecular flexibility index (Phi) is 5.39. The lowest BCUT2D eigenvalue weighted by atomic mass is 9.84. The third kappa shape index (κ3) is 4.22. The van der Waals surface area contributed by atoms with Gasteiger partial charge in [0.2, 0.25) is 0 Å². The van der Waals surface area contributed by atoms with Gasteiger partial charge in [0, 0.05) is 0 Å². The Morgan fingerprint density at radius 1 is 1.29 bits per heavy atom. The molecule has 1 atom stereocenters. The molecule has 0 aromatic rings. The predicted molar refractivity (Wildman–Crippen MR) is 66.4 cm³/mol. The van der Waals surface area contributed by atoms with Gasteiger partial charge in [-0.25, -0.2) is 0 Å². The molecule has 1 rings (SSSR count). The van der Waals surface area contributed by atoms with E-state index >= 15 is 0 Å². The molecule has 0 bridgehead atoms. The molecule has 0 amide bonds. The molecule has 1 unspecified atom stereocenters. The Morgan fingerprint density at radius 2 is 1.88 bits per heavy atom. The van der Waals surface area contributed by atoms with Crippen LogP contribution >= 0.6 is 11.6 Å². The van der Waals surface area contributed by atoms with Crippen LogP contribution in [0.5, 0.6) is 0 Å². The van der Waals surface area contributed by atoms with E-state index in [1.54, 1.807) is 0 Å². The molecule has 1 aliphatic carbocycles. The van der Waals surface area contributed by atoms with E-state index in [4.69, 9.17) is 11.6 Å². The molecular formula is C13H21ClF2O. The van der Waals surface area contributed by atoms with Gasteiger partial charge >= 0.3 is 5.38 Å². The molecule has 0 saturated heterocycles. The predicted octanol–water partition coefficient (Wildman–Crippen LogP) is 4.49. The second-order valence-corrected chi connectivity index (χ2v) is 5.50. The number of aliphatic hydroxyl groups is 1. The Labute approximate surface area is 107 Å². The Morgan fingerprint density at radius 3 is 2.35 bits per heavy atom. The molecule has 1 aliphatic rings. The maximum Gasteiger partial charge on any atom is 0.353 e. The largest absolute Gasteiger partial charge is 0.378 e. The van der Waals surface area contributed by atoms with Crippen LogP contribution in [0.2, 0.25) is 0 Å². The first-order valence-corrected chi connectivity index (χ1v) is 6.69. The van der Waals surface area contributed by atoms with Crippen molar-refractivity contribution in [2.45, 2.75) is 62.3 Å². The van der Waals surface area contributed by atoms with E-state index in [1.807, 2.05) is 0 Å². The minimum absolute atomic E-state index is 0.0243. The van der Waals surface area contributed by atoms with Gasteiger partial charge < -0.3 is 5.11 Å². The molecule has 0 aromatic heterocycles. The van der Waals surface area contributed by atoms with Crippen LogP contribution in [-0.4, -0.2) is 16.1 Å². The highest BCUT2D eigenvalue weighted by atomic mass is 35.5. The Hall–Kier alpha value is -0.150. The van der Waals surface area contributed by atoms with Crippen LogP contribution in [0.1, 0.15) is 51.4 Å². The lowest BCUT2D eigenvalue weighted by molar-refractivity contribution is -0.0995. The van der Waals surface area contributed by atoms with E-state index in [-0.39, 0.29) is 6.42 Å². The van der Waals surface area contributed by atoms with Crippen molar-refractivity contribution in [1.29, 1.82) is 0 Å². The molecule has 0 spiro atoms. The van der Waals surface area contributed by atoms with Crippen molar-refractivity contribution in [3.05, 3.63) is 12.7 Å². The topological polar surface area (TPSA) is 20.2 Å². The number of rotatable bonds is 6. The Balaban J connectivity index is 2.35. The first-order valence-electron chi connectivity index (χ1n) is 6.32. The molecule has 0 heterocycles. The number of halogens is 3. The summed E-state index contributed by atoms with van der Waals surface area (Å²) in [7, 11) is 0. The van der Waals surface area contributed by atoms with Crippen molar-refractivity contribution in [1.82, 2.24) is 0 Å². The van der Waals surface area contributed by atoms with Gasteiger partial charge in [-0.15, -0.1) is 0 Å². The smallest absolute Gasteiger partial charge is 0.353 e. The molecule has 4 heteroatoms. The first kappa shape index (κ1) is 14.9. The van der Waals surface area contributed by atoms with Crippen molar-refractivity contribution in [2.75, 3.05) is 0 Å². The molecular weight excluding hydrogens is 246 g/mol. The number of hydrogen-bond donors (Lipinski definition) is 1. The van der Waals surface area contributed by atoms with E-state index in [9.17, 15) is 13.9 Å². The van der Waals surface area contributed by atoms with Crippen LogP contribution in [0, 0.1) is 5.92 Å². The van der Waals surface area contributed by atoms with E-state index in [0.717, 1.165) is 12.5 Å². The van der Waals surface area contributed by atoms with Crippen molar-refractivity contribution < 1.29 is 13.9 Å². The summed E-state index contributed by atoms with van der Waals surface area (Å²) in [6, 6.07) is 0. The molecule has 1 saturated carbocycles. The van der Waals surface area contributed by atoms with Gasteiger partial charge in [0.25, 0.3) is 0 Å². The zero-order valence-electron chi connectivity index (χ0n) is 10.1. The number of hydrogen-bond acceptors (Lipinski definition) is 1. The summed E-state index contributed by atoms with van der Waals surface area (Å²) < 4.78 is 26.0. The van der Waals surface area contributed by atoms with E-state index in [1.165, 1.54) is 32.1 Å². The van der Waals surface area contributed by atoms with Crippen molar-refractivity contribution in [3.63, 3.8) is 0 Å². The highest BCUT2D eigenvalue weighted by Crippen LogP contribution is 2.38. The third-order valence-corrected chi connectivity index (χ3v) is 4.05. The molecule has 0 aliphatic heterocycles. The van der Waals surface area contributed by atoms with Crippen molar-refractivity contribution in [2.24, 2.45) is 5.92 Å². The highest BCUT2D eigenvalue weighted by molar-refractivity contribution is 6.22. The van der Waals surface area contributed by atoms with E-state index in [2.05, 4.69) is 6.58 Å². The molecule has 1 nitrogen and oxygen atoms in total. The molecule has 0 radical (unpaired) electrons. The summed E-state index contributed by atoms with van der Waals surface area (Å²) in [6.07, 6.45) is 8.42. The van der Waals surface area contributed by atoms with Gasteiger partial charge in [-0.05, 0) is 30.4 Å². The summed E-state index contributed by atoms with van der Waals surface area (Å²) in [5, 5.41) is 6.05. The van der Waals surface area contributed by atoms with Gasteiger partial charge in [-0.2, -0.15) is 8.78 Å². The summed E-state index contributed by atoms with van der Waals surface area (Å²) >= 11 is 4.91. The lowest BCUT2D eigenvalue weighted by Gasteiger charge is -2.29. The van der Waals surface area contributed by atoms with Crippen LogP contribution in [-0.2, 0) is 0 Å². The quantitative estimate of drug-likeness (QED) is 0.555. The van der Waals surface area contributed by atoms with Crippen molar-refractivity contribution in [3.8, 4) is 0 Å². The standard InChI is InChI=1S/C13H21ClF2O/c1-2-12(17,13(14,15)16)10-6-9-11-7-4-3-5-8-11/h2,11,17H,1,3-10H2. The van der Waals surface area contributed by atoms with Gasteiger partial charge in [0.05, 0.1) is 0 Å². The summed E-state index contributed by atoms with van der Waals surface area (Å²) in [5.41, 5.74) is -2.27. The fourth-order valence-electron chi connectivity index (χ4n) is 2.50. The molecule has 1 N–H and O–H groups in total. The summed E-state index contributed by atoms with van der Waals surface area (Å²) in [4.78, 5) is 0. The minimum Gasteiger partial charge on any atom is -0.378 e. The second-order valence-electron chi connectivity index (χ2n) is 5.02. The lowest BCUT2D eigenvalue weighted by Crippen LogP contribution is -2.42. The third-order valence-electron chi connectivity index (χ3n) is 3.72. The molecule has 1 fully saturated rings. The SMILES string of the molecule is C=CC(O)(CCCC1CCCCC1)C(F)(F)Cl. The van der Waals surface area contributed by atoms with Gasteiger partial charge in [0.15, 0.2) is 5.60 Å². The molecule has 17 heavy (non-hydrogen) atoms. The maximum atomic E-state index is 13.0. The normalized spacial score (nSPS) is 22.1. The van der Waals surface area contributed by atoms with Gasteiger partial charge in [-0.1, -0.05) is 51.2 Å². The first-order chi connectivity index (χ1) is 7.89. The van der Waals surface area contributed by atoms with E-state index in [0.29, 0.717) is 12.3 Å². The minimum atomic E-state index is -3.64. The van der Waals surface area contributed by atoms with Crippen LogP contribution < -0.4 is 0 Å². The summed E-state index contributed by atoms with van der Waals surface area (Å²) in [6.45, 7) is 3.25. The molecule has 0 aromatic carbocycles. The van der Waals surface area contributed by atoms with Crippen LogP contribution in [0.4, 0.5) is 8.78 Å². The average Bonchev–Trinajstić information content (AvgIpc) is 2.28. The average molecular weight is 267 g/mol. The van der Waals surface area contributed by atoms with Crippen LogP contribution in [0.3, 0.4) is 0 Å². The molecule has 100 valence electrons. The fraction of sp³-hybridized carbons (Fsp3) is 0.846. The highest BCUT2D eigenvalue weighted by Gasteiger charge is 2.48. The fourth-order valence-corrected chi connectivity index (χ4v) is 2.67. The Bertz CT molecular complexity index is 246. The van der Waals surface area contributed by atoms with Crippen LogP contribution in [0.15, 0.2) is 12.7 Å². The maximum absolute atomic E-state index is 13.0. The summed E-state index contributed by atoms with van der Waals surface area (Å²) in [5.74, 6) is 0.627.